The summed E-state index contributed by atoms with van der Waals surface area (Å²) in [6.45, 7) is 3.90. The third kappa shape index (κ3) is 4.57. The molecule has 2 rings (SSSR count). The van der Waals surface area contributed by atoms with Crippen molar-refractivity contribution in [1.82, 2.24) is 4.90 Å². The van der Waals surface area contributed by atoms with E-state index in [4.69, 9.17) is 16.3 Å². The number of rotatable bonds is 5. The summed E-state index contributed by atoms with van der Waals surface area (Å²) >= 11 is 6.30. The lowest BCUT2D eigenvalue weighted by Crippen LogP contribution is -2.36. The van der Waals surface area contributed by atoms with E-state index in [1.807, 2.05) is 30.3 Å². The van der Waals surface area contributed by atoms with Crippen LogP contribution in [0.25, 0.3) is 0 Å². The van der Waals surface area contributed by atoms with Crippen LogP contribution in [0, 0.1) is 0 Å². The first-order valence-electron chi connectivity index (χ1n) is 6.39. The minimum absolute atomic E-state index is 0.0771. The molecule has 1 saturated heterocycles. The van der Waals surface area contributed by atoms with Crippen LogP contribution in [0.1, 0.15) is 19.3 Å². The van der Waals surface area contributed by atoms with Crippen LogP contribution in [-0.4, -0.2) is 36.5 Å². The third-order valence-corrected chi connectivity index (χ3v) is 3.34. The number of alkyl halides is 1. The first-order valence-corrected chi connectivity index (χ1v) is 6.82. The van der Waals surface area contributed by atoms with Gasteiger partial charge in [-0.1, -0.05) is 24.6 Å². The average molecular weight is 254 g/mol. The summed E-state index contributed by atoms with van der Waals surface area (Å²) in [5.74, 6) is 0.900. The maximum atomic E-state index is 6.30. The smallest absolute Gasteiger partial charge is 0.119 e. The average Bonchev–Trinajstić information content (AvgIpc) is 2.39. The zero-order chi connectivity index (χ0) is 11.9. The van der Waals surface area contributed by atoms with Crippen LogP contribution >= 0.6 is 11.6 Å². The molecule has 1 heterocycles. The Morgan fingerprint density at radius 3 is 2.53 bits per heavy atom. The summed E-state index contributed by atoms with van der Waals surface area (Å²) < 4.78 is 5.65. The summed E-state index contributed by atoms with van der Waals surface area (Å²) in [5, 5.41) is 0.0771. The Morgan fingerprint density at radius 2 is 1.82 bits per heavy atom. The van der Waals surface area contributed by atoms with E-state index in [2.05, 4.69) is 4.90 Å². The molecule has 1 aliphatic heterocycles. The summed E-state index contributed by atoms with van der Waals surface area (Å²) in [4.78, 5) is 2.44. The number of ether oxygens (including phenoxy) is 1. The standard InChI is InChI=1S/C14H20ClNO/c15-13(11-16-9-5-2-6-10-16)12-17-14-7-3-1-4-8-14/h1,3-4,7-8,13H,2,5-6,9-12H2. The van der Waals surface area contributed by atoms with Gasteiger partial charge in [0.2, 0.25) is 0 Å². The predicted octanol–water partition coefficient (Wildman–Crippen LogP) is 3.16. The van der Waals surface area contributed by atoms with E-state index < -0.39 is 0 Å². The van der Waals surface area contributed by atoms with E-state index in [0.717, 1.165) is 12.3 Å². The molecule has 0 aromatic heterocycles. The van der Waals surface area contributed by atoms with Gasteiger partial charge >= 0.3 is 0 Å². The second-order valence-electron chi connectivity index (χ2n) is 4.58. The fraction of sp³-hybridized carbons (Fsp3) is 0.571. The summed E-state index contributed by atoms with van der Waals surface area (Å²) in [7, 11) is 0. The van der Waals surface area contributed by atoms with Crippen LogP contribution in [0.3, 0.4) is 0 Å². The quantitative estimate of drug-likeness (QED) is 0.748. The van der Waals surface area contributed by atoms with Crippen molar-refractivity contribution in [2.75, 3.05) is 26.2 Å². The lowest BCUT2D eigenvalue weighted by molar-refractivity contribution is 0.208. The van der Waals surface area contributed by atoms with Gasteiger partial charge in [0, 0.05) is 6.54 Å². The summed E-state index contributed by atoms with van der Waals surface area (Å²) in [6, 6.07) is 9.86. The van der Waals surface area contributed by atoms with Crippen LogP contribution in [0.4, 0.5) is 0 Å². The van der Waals surface area contributed by atoms with Crippen molar-refractivity contribution in [2.45, 2.75) is 24.6 Å². The van der Waals surface area contributed by atoms with Crippen molar-refractivity contribution in [3.8, 4) is 5.75 Å². The van der Waals surface area contributed by atoms with Gasteiger partial charge in [0.15, 0.2) is 0 Å². The van der Waals surface area contributed by atoms with Crippen molar-refractivity contribution in [2.24, 2.45) is 0 Å². The molecule has 1 unspecified atom stereocenters. The van der Waals surface area contributed by atoms with Gasteiger partial charge in [-0.3, -0.25) is 0 Å². The topological polar surface area (TPSA) is 12.5 Å². The normalized spacial score (nSPS) is 18.9. The SMILES string of the molecule is ClC(COc1ccccc1)CN1CCCCC1. The van der Waals surface area contributed by atoms with E-state index in [0.29, 0.717) is 6.61 Å². The molecule has 1 aliphatic rings. The van der Waals surface area contributed by atoms with Crippen LogP contribution in [0.15, 0.2) is 30.3 Å². The molecule has 3 heteroatoms. The second kappa shape index (κ2) is 6.87. The van der Waals surface area contributed by atoms with Gasteiger partial charge in [-0.2, -0.15) is 0 Å². The fourth-order valence-corrected chi connectivity index (χ4v) is 2.44. The zero-order valence-corrected chi connectivity index (χ0v) is 10.9. The van der Waals surface area contributed by atoms with Gasteiger partial charge in [-0.15, -0.1) is 11.6 Å². The van der Waals surface area contributed by atoms with Crippen molar-refractivity contribution < 1.29 is 4.74 Å². The Bertz CT molecular complexity index is 311. The highest BCUT2D eigenvalue weighted by atomic mass is 35.5. The van der Waals surface area contributed by atoms with Crippen LogP contribution < -0.4 is 4.74 Å². The molecule has 0 amide bonds. The van der Waals surface area contributed by atoms with Gasteiger partial charge in [0.25, 0.3) is 0 Å². The fourth-order valence-electron chi connectivity index (χ4n) is 2.18. The van der Waals surface area contributed by atoms with E-state index in [9.17, 15) is 0 Å². The van der Waals surface area contributed by atoms with E-state index in [1.165, 1.54) is 32.4 Å². The highest BCUT2D eigenvalue weighted by Gasteiger charge is 2.14. The second-order valence-corrected chi connectivity index (χ2v) is 5.20. The minimum atomic E-state index is 0.0771. The number of halogens is 1. The molecule has 2 nitrogen and oxygen atoms in total. The first-order chi connectivity index (χ1) is 8.34. The minimum Gasteiger partial charge on any atom is -0.492 e. The Labute approximate surface area is 109 Å². The highest BCUT2D eigenvalue weighted by molar-refractivity contribution is 6.20. The molecule has 1 atom stereocenters. The highest BCUT2D eigenvalue weighted by Crippen LogP contribution is 2.13. The molecule has 1 fully saturated rings. The number of likely N-dealkylation sites (tertiary alicyclic amines) is 1. The van der Waals surface area contributed by atoms with E-state index in [1.54, 1.807) is 0 Å². The zero-order valence-electron chi connectivity index (χ0n) is 10.1. The van der Waals surface area contributed by atoms with E-state index in [-0.39, 0.29) is 5.38 Å². The predicted molar refractivity (Wildman–Crippen MR) is 71.9 cm³/mol. The molecule has 0 aliphatic carbocycles. The van der Waals surface area contributed by atoms with Crippen molar-refractivity contribution in [1.29, 1.82) is 0 Å². The monoisotopic (exact) mass is 253 g/mol. The summed E-state index contributed by atoms with van der Waals surface area (Å²) in [6.07, 6.45) is 3.98. The summed E-state index contributed by atoms with van der Waals surface area (Å²) in [5.41, 5.74) is 0. The number of hydrogen-bond donors (Lipinski definition) is 0. The maximum Gasteiger partial charge on any atom is 0.119 e. The van der Waals surface area contributed by atoms with Crippen molar-refractivity contribution in [3.05, 3.63) is 30.3 Å². The largest absolute Gasteiger partial charge is 0.492 e. The van der Waals surface area contributed by atoms with Crippen molar-refractivity contribution in [3.63, 3.8) is 0 Å². The number of para-hydroxylation sites is 1. The van der Waals surface area contributed by atoms with Gasteiger partial charge in [-0.25, -0.2) is 0 Å². The number of nitrogens with zero attached hydrogens (tertiary/aromatic N) is 1. The Balaban J connectivity index is 1.68. The molecule has 94 valence electrons. The third-order valence-electron chi connectivity index (χ3n) is 3.08. The molecule has 0 bridgehead atoms. The molecule has 1 aromatic carbocycles. The van der Waals surface area contributed by atoms with Gasteiger partial charge in [-0.05, 0) is 38.1 Å². The van der Waals surface area contributed by atoms with Crippen LogP contribution in [0.2, 0.25) is 0 Å². The molecule has 0 saturated carbocycles. The molecule has 0 spiro atoms. The lowest BCUT2D eigenvalue weighted by Gasteiger charge is -2.28. The Morgan fingerprint density at radius 1 is 1.12 bits per heavy atom. The first kappa shape index (κ1) is 12.7. The number of benzene rings is 1. The number of piperidine rings is 1. The van der Waals surface area contributed by atoms with E-state index >= 15 is 0 Å². The van der Waals surface area contributed by atoms with Crippen LogP contribution in [0.5, 0.6) is 5.75 Å². The van der Waals surface area contributed by atoms with Crippen LogP contribution in [-0.2, 0) is 0 Å². The molecular weight excluding hydrogens is 234 g/mol. The van der Waals surface area contributed by atoms with Crippen molar-refractivity contribution >= 4 is 11.6 Å². The van der Waals surface area contributed by atoms with Gasteiger partial charge in [0.1, 0.15) is 12.4 Å². The number of hydrogen-bond acceptors (Lipinski definition) is 2. The Kier molecular flexibility index (Phi) is 5.14. The molecule has 0 radical (unpaired) electrons. The van der Waals surface area contributed by atoms with Gasteiger partial charge < -0.3 is 9.64 Å². The molecule has 0 N–H and O–H groups in total. The lowest BCUT2D eigenvalue weighted by atomic mass is 10.1. The maximum absolute atomic E-state index is 6.30. The van der Waals surface area contributed by atoms with Gasteiger partial charge in [0.05, 0.1) is 5.38 Å². The Hall–Kier alpha value is -0.730. The molecular formula is C14H20ClNO. The molecule has 17 heavy (non-hydrogen) atoms. The molecule has 1 aromatic rings.